The van der Waals surface area contributed by atoms with Gasteiger partial charge >= 0.3 is 0 Å². The summed E-state index contributed by atoms with van der Waals surface area (Å²) >= 11 is 5.02. The van der Waals surface area contributed by atoms with Crippen molar-refractivity contribution in [3.8, 4) is 0 Å². The van der Waals surface area contributed by atoms with E-state index in [4.69, 9.17) is 0 Å². The van der Waals surface area contributed by atoms with E-state index in [9.17, 15) is 4.79 Å². The van der Waals surface area contributed by atoms with Crippen LogP contribution in [0.4, 0.5) is 0 Å². The smallest absolute Gasteiger partial charge is 0.232 e. The Morgan fingerprint density at radius 3 is 2.67 bits per heavy atom. The van der Waals surface area contributed by atoms with Crippen molar-refractivity contribution < 1.29 is 4.79 Å². The second-order valence-electron chi connectivity index (χ2n) is 2.82. The van der Waals surface area contributed by atoms with Crippen molar-refractivity contribution in [3.05, 3.63) is 0 Å². The largest absolute Gasteiger partial charge is 0.345 e. The second kappa shape index (κ2) is 6.78. The van der Waals surface area contributed by atoms with Crippen molar-refractivity contribution >= 4 is 33.6 Å². The van der Waals surface area contributed by atoms with Gasteiger partial charge in [-0.2, -0.15) is 11.8 Å². The highest BCUT2D eigenvalue weighted by Gasteiger charge is 2.07. The van der Waals surface area contributed by atoms with Crippen LogP contribution >= 0.6 is 27.7 Å². The summed E-state index contributed by atoms with van der Waals surface area (Å²) in [5, 5.41) is 0. The van der Waals surface area contributed by atoms with Gasteiger partial charge in [-0.1, -0.05) is 22.9 Å². The minimum Gasteiger partial charge on any atom is -0.345 e. The highest BCUT2D eigenvalue weighted by molar-refractivity contribution is 9.09. The van der Waals surface area contributed by atoms with Crippen molar-refractivity contribution in [1.29, 1.82) is 0 Å². The van der Waals surface area contributed by atoms with Crippen LogP contribution in [0.5, 0.6) is 0 Å². The molecule has 1 atom stereocenters. The maximum atomic E-state index is 11.2. The molecule has 0 radical (unpaired) electrons. The maximum Gasteiger partial charge on any atom is 0.232 e. The zero-order chi connectivity index (χ0) is 9.56. The summed E-state index contributed by atoms with van der Waals surface area (Å²) in [5.74, 6) is 0.809. The summed E-state index contributed by atoms with van der Waals surface area (Å²) in [7, 11) is 1.86. The standard InChI is InChI=1S/C8H16BrNOS/c1-7(9)4-5-10(2)8(11)6-12-3/h7H,4-6H2,1-3H3. The predicted molar refractivity (Wildman–Crippen MR) is 59.0 cm³/mol. The summed E-state index contributed by atoms with van der Waals surface area (Å²) in [4.78, 5) is 13.5. The van der Waals surface area contributed by atoms with Crippen molar-refractivity contribution in [2.75, 3.05) is 25.6 Å². The van der Waals surface area contributed by atoms with Crippen molar-refractivity contribution in [1.82, 2.24) is 4.90 Å². The molecule has 0 aliphatic carbocycles. The average Bonchev–Trinajstić information content (AvgIpc) is 2.00. The van der Waals surface area contributed by atoms with E-state index in [2.05, 4.69) is 22.9 Å². The van der Waals surface area contributed by atoms with Gasteiger partial charge in [0.15, 0.2) is 0 Å². The summed E-state index contributed by atoms with van der Waals surface area (Å²) in [5.41, 5.74) is 0. The zero-order valence-corrected chi connectivity index (χ0v) is 10.2. The lowest BCUT2D eigenvalue weighted by atomic mass is 10.3. The number of hydrogen-bond donors (Lipinski definition) is 0. The molecule has 0 saturated carbocycles. The lowest BCUT2D eigenvalue weighted by Crippen LogP contribution is -2.30. The van der Waals surface area contributed by atoms with Crippen LogP contribution in [-0.4, -0.2) is 41.2 Å². The molecule has 4 heteroatoms. The van der Waals surface area contributed by atoms with Gasteiger partial charge in [0.1, 0.15) is 0 Å². The number of nitrogens with zero attached hydrogens (tertiary/aromatic N) is 1. The third-order valence-electron chi connectivity index (χ3n) is 1.56. The molecule has 72 valence electrons. The van der Waals surface area contributed by atoms with Crippen LogP contribution in [0.1, 0.15) is 13.3 Å². The van der Waals surface area contributed by atoms with E-state index in [-0.39, 0.29) is 5.91 Å². The second-order valence-corrected chi connectivity index (χ2v) is 5.25. The first kappa shape index (κ1) is 12.3. The van der Waals surface area contributed by atoms with Gasteiger partial charge < -0.3 is 4.90 Å². The molecule has 0 bridgehead atoms. The Hall–Kier alpha value is 0.300. The third-order valence-corrected chi connectivity index (χ3v) is 2.55. The molecule has 0 aliphatic rings. The molecule has 0 aliphatic heterocycles. The molecule has 0 spiro atoms. The molecule has 1 amide bonds. The monoisotopic (exact) mass is 253 g/mol. The van der Waals surface area contributed by atoms with Gasteiger partial charge in [-0.05, 0) is 12.7 Å². The lowest BCUT2D eigenvalue weighted by molar-refractivity contribution is -0.127. The topological polar surface area (TPSA) is 20.3 Å². The molecule has 0 aromatic heterocycles. The molecular weight excluding hydrogens is 238 g/mol. The number of amides is 1. The van der Waals surface area contributed by atoms with Crippen molar-refractivity contribution in [2.45, 2.75) is 18.2 Å². The first-order valence-electron chi connectivity index (χ1n) is 3.95. The van der Waals surface area contributed by atoms with Crippen LogP contribution in [0.3, 0.4) is 0 Å². The van der Waals surface area contributed by atoms with Crippen LogP contribution in [0.15, 0.2) is 0 Å². The van der Waals surface area contributed by atoms with E-state index in [1.807, 2.05) is 13.3 Å². The minimum atomic E-state index is 0.218. The Bertz CT molecular complexity index is 141. The Labute approximate surface area is 87.2 Å². The SMILES string of the molecule is CSCC(=O)N(C)CCC(C)Br. The summed E-state index contributed by atoms with van der Waals surface area (Å²) in [6.07, 6.45) is 2.95. The molecule has 0 saturated heterocycles. The molecule has 0 fully saturated rings. The molecular formula is C8H16BrNOS. The lowest BCUT2D eigenvalue weighted by Gasteiger charge is -2.17. The molecule has 12 heavy (non-hydrogen) atoms. The highest BCUT2D eigenvalue weighted by Crippen LogP contribution is 2.04. The van der Waals surface area contributed by atoms with Gasteiger partial charge in [0.2, 0.25) is 5.91 Å². The number of carbonyl (C=O) groups excluding carboxylic acids is 1. The van der Waals surface area contributed by atoms with E-state index in [1.165, 1.54) is 0 Å². The fourth-order valence-corrected chi connectivity index (χ4v) is 1.40. The number of alkyl halides is 1. The van der Waals surface area contributed by atoms with Gasteiger partial charge in [0.05, 0.1) is 5.75 Å². The average molecular weight is 254 g/mol. The fraction of sp³-hybridized carbons (Fsp3) is 0.875. The molecule has 0 heterocycles. The Morgan fingerprint density at radius 2 is 2.25 bits per heavy atom. The Morgan fingerprint density at radius 1 is 1.67 bits per heavy atom. The zero-order valence-electron chi connectivity index (χ0n) is 7.84. The maximum absolute atomic E-state index is 11.2. The molecule has 0 N–H and O–H groups in total. The summed E-state index contributed by atoms with van der Waals surface area (Å²) in [6, 6.07) is 0. The summed E-state index contributed by atoms with van der Waals surface area (Å²) < 4.78 is 0. The molecule has 2 nitrogen and oxygen atoms in total. The predicted octanol–water partition coefficient (Wildman–Crippen LogP) is 1.98. The first-order chi connectivity index (χ1) is 5.57. The van der Waals surface area contributed by atoms with E-state index >= 15 is 0 Å². The van der Waals surface area contributed by atoms with Gasteiger partial charge in [-0.25, -0.2) is 0 Å². The molecule has 0 rings (SSSR count). The van der Waals surface area contributed by atoms with Crippen molar-refractivity contribution in [3.63, 3.8) is 0 Å². The van der Waals surface area contributed by atoms with Crippen molar-refractivity contribution in [2.24, 2.45) is 0 Å². The number of thioether (sulfide) groups is 1. The molecule has 0 aromatic carbocycles. The molecule has 1 unspecified atom stereocenters. The third kappa shape index (κ3) is 5.89. The van der Waals surface area contributed by atoms with E-state index in [1.54, 1.807) is 16.7 Å². The van der Waals surface area contributed by atoms with E-state index in [0.29, 0.717) is 10.6 Å². The molecule has 0 aromatic rings. The van der Waals surface area contributed by atoms with E-state index in [0.717, 1.165) is 13.0 Å². The Kier molecular flexibility index (Phi) is 6.95. The first-order valence-corrected chi connectivity index (χ1v) is 6.25. The minimum absolute atomic E-state index is 0.218. The quantitative estimate of drug-likeness (QED) is 0.699. The van der Waals surface area contributed by atoms with Gasteiger partial charge in [-0.3, -0.25) is 4.79 Å². The van der Waals surface area contributed by atoms with Crippen LogP contribution in [0.2, 0.25) is 0 Å². The fourth-order valence-electron chi connectivity index (χ4n) is 0.730. The van der Waals surface area contributed by atoms with Crippen LogP contribution in [-0.2, 0) is 4.79 Å². The van der Waals surface area contributed by atoms with Gasteiger partial charge in [-0.15, -0.1) is 0 Å². The van der Waals surface area contributed by atoms with Crippen LogP contribution in [0, 0.1) is 0 Å². The van der Waals surface area contributed by atoms with E-state index < -0.39 is 0 Å². The normalized spacial score (nSPS) is 12.7. The summed E-state index contributed by atoms with van der Waals surface area (Å²) in [6.45, 7) is 2.93. The van der Waals surface area contributed by atoms with Crippen LogP contribution in [0.25, 0.3) is 0 Å². The highest BCUT2D eigenvalue weighted by atomic mass is 79.9. The van der Waals surface area contributed by atoms with Gasteiger partial charge in [0, 0.05) is 18.4 Å². The Balaban J connectivity index is 3.56. The number of carbonyl (C=O) groups is 1. The number of hydrogen-bond acceptors (Lipinski definition) is 2. The number of halogens is 1. The van der Waals surface area contributed by atoms with Crippen LogP contribution < -0.4 is 0 Å². The van der Waals surface area contributed by atoms with Gasteiger partial charge in [0.25, 0.3) is 0 Å². The number of rotatable bonds is 5.